The second-order valence-electron chi connectivity index (χ2n) is 8.39. The zero-order chi connectivity index (χ0) is 18.1. The van der Waals surface area contributed by atoms with Crippen molar-refractivity contribution in [3.8, 4) is 5.75 Å². The topological polar surface area (TPSA) is 26.3 Å². The Hall–Kier alpha value is -2.13. The standard InChI is InChI=1S/C23H28NO2/c1-17-7-6-10-21(13-17)26-12-11-24(2)15-19-14-20(16-24)22(19)23(25)18-8-4-3-5-9-18/h3-10,13,19-20,22H,11-12,14-16H2,1-2H3/q+1. The number of Topliss-reactive ketones (excluding diaryl/α,β-unsaturated/α-hetero) is 1. The van der Waals surface area contributed by atoms with Crippen molar-refractivity contribution in [2.75, 3.05) is 33.3 Å². The van der Waals surface area contributed by atoms with Gasteiger partial charge in [-0.05, 0) is 31.0 Å². The zero-order valence-electron chi connectivity index (χ0n) is 15.7. The van der Waals surface area contributed by atoms with Gasteiger partial charge in [0.05, 0.1) is 20.1 Å². The SMILES string of the molecule is Cc1cccc(OCC[N+]2(C)CC3CC(C2)C3C(=O)c2ccccc2)c1. The molecule has 2 bridgehead atoms. The summed E-state index contributed by atoms with van der Waals surface area (Å²) in [7, 11) is 2.32. The van der Waals surface area contributed by atoms with Crippen LogP contribution in [0.3, 0.4) is 0 Å². The molecule has 0 radical (unpaired) electrons. The van der Waals surface area contributed by atoms with Crippen molar-refractivity contribution in [2.45, 2.75) is 13.3 Å². The number of benzene rings is 2. The number of aryl methyl sites for hydroxylation is 1. The van der Waals surface area contributed by atoms with Crippen LogP contribution in [-0.2, 0) is 0 Å². The van der Waals surface area contributed by atoms with E-state index >= 15 is 0 Å². The third-order valence-electron chi connectivity index (χ3n) is 6.22. The number of carbonyl (C=O) groups is 1. The minimum absolute atomic E-state index is 0.237. The van der Waals surface area contributed by atoms with E-state index in [2.05, 4.69) is 26.1 Å². The van der Waals surface area contributed by atoms with Gasteiger partial charge < -0.3 is 9.22 Å². The van der Waals surface area contributed by atoms with Crippen LogP contribution < -0.4 is 4.74 Å². The van der Waals surface area contributed by atoms with Crippen molar-refractivity contribution in [1.82, 2.24) is 0 Å². The minimum Gasteiger partial charge on any atom is -0.488 e. The van der Waals surface area contributed by atoms with Crippen LogP contribution in [-0.4, -0.2) is 43.6 Å². The Morgan fingerprint density at radius 1 is 1.08 bits per heavy atom. The number of nitrogens with zero attached hydrogens (tertiary/aromatic N) is 1. The summed E-state index contributed by atoms with van der Waals surface area (Å²) in [5, 5.41) is 0. The van der Waals surface area contributed by atoms with E-state index in [0.717, 1.165) is 42.0 Å². The maximum absolute atomic E-state index is 12.9. The summed E-state index contributed by atoms with van der Waals surface area (Å²) in [6.45, 7) is 6.01. The van der Waals surface area contributed by atoms with Crippen molar-refractivity contribution >= 4 is 5.78 Å². The Kier molecular flexibility index (Phi) is 4.58. The molecule has 3 heteroatoms. The molecule has 3 aliphatic rings. The Bertz CT molecular complexity index is 774. The quantitative estimate of drug-likeness (QED) is 0.582. The van der Waals surface area contributed by atoms with Crippen LogP contribution in [0.5, 0.6) is 5.75 Å². The number of likely N-dealkylation sites (N-methyl/N-ethyl adjacent to an activating group) is 1. The summed E-state index contributed by atoms with van der Waals surface area (Å²) in [6, 6.07) is 18.0. The van der Waals surface area contributed by atoms with Gasteiger partial charge in [-0.1, -0.05) is 42.5 Å². The normalized spacial score (nSPS) is 29.7. The van der Waals surface area contributed by atoms with E-state index in [1.54, 1.807) is 0 Å². The molecule has 2 aromatic rings. The summed E-state index contributed by atoms with van der Waals surface area (Å²) < 4.78 is 6.99. The van der Waals surface area contributed by atoms with Crippen molar-refractivity contribution in [2.24, 2.45) is 17.8 Å². The van der Waals surface area contributed by atoms with Gasteiger partial charge in [-0.25, -0.2) is 0 Å². The molecule has 2 aromatic carbocycles. The van der Waals surface area contributed by atoms with Crippen molar-refractivity contribution in [3.05, 3.63) is 65.7 Å². The number of hydrogen-bond acceptors (Lipinski definition) is 2. The van der Waals surface area contributed by atoms with Crippen molar-refractivity contribution in [1.29, 1.82) is 0 Å². The number of ether oxygens (including phenoxy) is 1. The predicted octanol–water partition coefficient (Wildman–Crippen LogP) is 3.97. The molecule has 2 aliphatic heterocycles. The molecule has 0 N–H and O–H groups in total. The monoisotopic (exact) mass is 350 g/mol. The molecule has 2 saturated heterocycles. The number of ketones is 1. The van der Waals surface area contributed by atoms with Crippen molar-refractivity contribution in [3.63, 3.8) is 0 Å². The summed E-state index contributed by atoms with van der Waals surface area (Å²) in [5.74, 6) is 2.61. The molecule has 1 saturated carbocycles. The van der Waals surface area contributed by atoms with Crippen LogP contribution in [0.15, 0.2) is 54.6 Å². The Labute approximate surface area is 156 Å². The summed E-state index contributed by atoms with van der Waals surface area (Å²) in [5.41, 5.74) is 2.11. The average Bonchev–Trinajstić information content (AvgIpc) is 2.62. The molecule has 0 aromatic heterocycles. The average molecular weight is 350 g/mol. The highest BCUT2D eigenvalue weighted by Gasteiger charge is 2.55. The Morgan fingerprint density at radius 2 is 1.81 bits per heavy atom. The van der Waals surface area contributed by atoms with E-state index in [-0.39, 0.29) is 5.92 Å². The van der Waals surface area contributed by atoms with Gasteiger partial charge in [0.2, 0.25) is 0 Å². The van der Waals surface area contributed by atoms with Crippen molar-refractivity contribution < 1.29 is 14.0 Å². The molecular formula is C23H28NO2+. The lowest BCUT2D eigenvalue weighted by atomic mass is 9.58. The van der Waals surface area contributed by atoms with Crippen LogP contribution in [0.25, 0.3) is 0 Å². The van der Waals surface area contributed by atoms with Crippen LogP contribution in [0.2, 0.25) is 0 Å². The minimum atomic E-state index is 0.237. The van der Waals surface area contributed by atoms with Crippen LogP contribution in [0.4, 0.5) is 0 Å². The molecule has 136 valence electrons. The van der Waals surface area contributed by atoms with E-state index in [1.165, 1.54) is 12.0 Å². The second kappa shape index (κ2) is 6.88. The molecule has 1 aliphatic carbocycles. The first kappa shape index (κ1) is 17.3. The fraction of sp³-hybridized carbons (Fsp3) is 0.435. The Morgan fingerprint density at radius 3 is 2.50 bits per heavy atom. The smallest absolute Gasteiger partial charge is 0.166 e. The second-order valence-corrected chi connectivity index (χ2v) is 8.39. The van der Waals surface area contributed by atoms with Gasteiger partial charge in [0.15, 0.2) is 5.78 Å². The number of carbonyl (C=O) groups excluding carboxylic acids is 1. The lowest BCUT2D eigenvalue weighted by molar-refractivity contribution is -0.929. The highest BCUT2D eigenvalue weighted by Crippen LogP contribution is 2.48. The number of fused-ring (bicyclic) bond motifs is 2. The highest BCUT2D eigenvalue weighted by molar-refractivity contribution is 5.98. The third-order valence-corrected chi connectivity index (χ3v) is 6.22. The fourth-order valence-corrected chi connectivity index (χ4v) is 4.95. The molecule has 2 heterocycles. The van der Waals surface area contributed by atoms with E-state index in [4.69, 9.17) is 4.74 Å². The zero-order valence-corrected chi connectivity index (χ0v) is 15.7. The number of hydrogen-bond donors (Lipinski definition) is 0. The van der Waals surface area contributed by atoms with E-state index < -0.39 is 0 Å². The predicted molar refractivity (Wildman–Crippen MR) is 103 cm³/mol. The maximum Gasteiger partial charge on any atom is 0.166 e. The fourth-order valence-electron chi connectivity index (χ4n) is 4.95. The largest absolute Gasteiger partial charge is 0.488 e. The summed E-state index contributed by atoms with van der Waals surface area (Å²) in [6.07, 6.45) is 1.22. The number of quaternary nitrogens is 1. The maximum atomic E-state index is 12.9. The van der Waals surface area contributed by atoms with Gasteiger partial charge in [0.25, 0.3) is 0 Å². The third kappa shape index (κ3) is 3.41. The summed E-state index contributed by atoms with van der Waals surface area (Å²) in [4.78, 5) is 12.9. The van der Waals surface area contributed by atoms with Gasteiger partial charge >= 0.3 is 0 Å². The van der Waals surface area contributed by atoms with Gasteiger partial charge in [-0.2, -0.15) is 0 Å². The van der Waals surface area contributed by atoms with Gasteiger partial charge in [-0.15, -0.1) is 0 Å². The van der Waals surface area contributed by atoms with E-state index in [1.807, 2.05) is 42.5 Å². The Balaban J connectivity index is 1.33. The number of rotatable bonds is 6. The molecule has 5 rings (SSSR count). The van der Waals surface area contributed by atoms with Gasteiger partial charge in [-0.3, -0.25) is 4.79 Å². The first-order chi connectivity index (χ1) is 12.5. The molecule has 2 atom stereocenters. The molecule has 26 heavy (non-hydrogen) atoms. The van der Waals surface area contributed by atoms with E-state index in [9.17, 15) is 4.79 Å². The number of piperidine rings is 2. The molecule has 2 unspecified atom stereocenters. The van der Waals surface area contributed by atoms with Crippen LogP contribution >= 0.6 is 0 Å². The molecule has 0 spiro atoms. The lowest BCUT2D eigenvalue weighted by Crippen LogP contribution is -2.65. The van der Waals surface area contributed by atoms with Gasteiger partial charge in [0, 0.05) is 23.3 Å². The first-order valence-electron chi connectivity index (χ1n) is 9.66. The molecule has 3 nitrogen and oxygen atoms in total. The van der Waals surface area contributed by atoms with Crippen LogP contribution in [0, 0.1) is 24.7 Å². The lowest BCUT2D eigenvalue weighted by Gasteiger charge is -2.56. The highest BCUT2D eigenvalue weighted by atomic mass is 16.5. The molecule has 3 fully saturated rings. The molecule has 0 amide bonds. The van der Waals surface area contributed by atoms with E-state index in [0.29, 0.717) is 17.6 Å². The first-order valence-corrected chi connectivity index (χ1v) is 9.66. The molecular weight excluding hydrogens is 322 g/mol. The van der Waals surface area contributed by atoms with Gasteiger partial charge in [0.1, 0.15) is 18.9 Å². The summed E-state index contributed by atoms with van der Waals surface area (Å²) >= 11 is 0. The van der Waals surface area contributed by atoms with Crippen LogP contribution in [0.1, 0.15) is 22.3 Å².